The zero-order chi connectivity index (χ0) is 18.8. The smallest absolute Gasteiger partial charge is 0.249 e. The van der Waals surface area contributed by atoms with Gasteiger partial charge in [-0.05, 0) is 60.2 Å². The van der Waals surface area contributed by atoms with Crippen LogP contribution in [0.15, 0.2) is 0 Å². The maximum Gasteiger partial charge on any atom is 0.249 e. The van der Waals surface area contributed by atoms with E-state index in [0.29, 0.717) is 24.9 Å². The summed E-state index contributed by atoms with van der Waals surface area (Å²) in [6.07, 6.45) is 2.11. The van der Waals surface area contributed by atoms with E-state index in [-0.39, 0.29) is 30.6 Å². The molecule has 0 saturated heterocycles. The van der Waals surface area contributed by atoms with Gasteiger partial charge in [-0.1, -0.05) is 0 Å². The number of amides is 2. The molecule has 6 rings (SSSR count). The summed E-state index contributed by atoms with van der Waals surface area (Å²) in [4.78, 5) is 28.8. The zero-order valence-corrected chi connectivity index (χ0v) is 16.0. The molecule has 27 heavy (non-hydrogen) atoms. The highest BCUT2D eigenvalue weighted by Gasteiger charge is 2.81. The second-order valence-corrected chi connectivity index (χ2v) is 10.4. The first kappa shape index (κ1) is 16.7. The Morgan fingerprint density at radius 1 is 0.815 bits per heavy atom. The number of hydrogen-bond acceptors (Lipinski definition) is 2. The fourth-order valence-corrected chi connectivity index (χ4v) is 8.72. The first-order chi connectivity index (χ1) is 12.8. The van der Waals surface area contributed by atoms with Gasteiger partial charge in [-0.2, -0.15) is 0 Å². The molecule has 6 saturated carbocycles. The van der Waals surface area contributed by atoms with Crippen molar-refractivity contribution >= 4 is 11.8 Å². The minimum absolute atomic E-state index is 0.206. The summed E-state index contributed by atoms with van der Waals surface area (Å²) < 4.78 is 26.0. The summed E-state index contributed by atoms with van der Waals surface area (Å²) in [6.45, 7) is 0.924. The van der Waals surface area contributed by atoms with E-state index in [2.05, 4.69) is 0 Å². The number of halogens is 2. The standard InChI is InChI=1S/C21H28F2N2O2/c1-24(19(26)9-7-21(22,23)8-9)3-4-25(2)20(27)18-15-11-6-12-14-10(11)5-13(15)16(14)17(12)18/h9-18H,3-8H2,1-2H3. The van der Waals surface area contributed by atoms with Gasteiger partial charge in [-0.25, -0.2) is 8.78 Å². The fourth-order valence-electron chi connectivity index (χ4n) is 8.72. The molecule has 0 radical (unpaired) electrons. The number of carbonyl (C=O) groups excluding carboxylic acids is 2. The van der Waals surface area contributed by atoms with Crippen molar-refractivity contribution in [2.75, 3.05) is 27.2 Å². The van der Waals surface area contributed by atoms with Gasteiger partial charge in [-0.15, -0.1) is 0 Å². The van der Waals surface area contributed by atoms with Crippen LogP contribution in [-0.4, -0.2) is 54.7 Å². The molecule has 4 nitrogen and oxygen atoms in total. The van der Waals surface area contributed by atoms with E-state index in [9.17, 15) is 18.4 Å². The predicted molar refractivity (Wildman–Crippen MR) is 93.6 cm³/mol. The van der Waals surface area contributed by atoms with Crippen molar-refractivity contribution in [2.45, 2.75) is 31.6 Å². The Kier molecular flexibility index (Phi) is 3.12. The molecule has 9 atom stereocenters. The molecule has 0 N–H and O–H groups in total. The molecule has 6 fully saturated rings. The van der Waals surface area contributed by atoms with E-state index < -0.39 is 11.8 Å². The van der Waals surface area contributed by atoms with E-state index in [4.69, 9.17) is 0 Å². The Hall–Kier alpha value is -1.20. The molecule has 0 aromatic rings. The second-order valence-electron chi connectivity index (χ2n) is 10.4. The van der Waals surface area contributed by atoms with Crippen molar-refractivity contribution in [3.8, 4) is 0 Å². The van der Waals surface area contributed by atoms with Crippen LogP contribution in [0.2, 0.25) is 0 Å². The predicted octanol–water partition coefficient (Wildman–Crippen LogP) is 2.34. The van der Waals surface area contributed by atoms with E-state index in [1.54, 1.807) is 7.05 Å². The lowest BCUT2D eigenvalue weighted by Gasteiger charge is -2.48. The zero-order valence-electron chi connectivity index (χ0n) is 16.0. The molecule has 0 spiro atoms. The first-order valence-corrected chi connectivity index (χ1v) is 10.7. The summed E-state index contributed by atoms with van der Waals surface area (Å²) in [5.41, 5.74) is 0. The molecule has 6 aliphatic carbocycles. The van der Waals surface area contributed by atoms with E-state index in [1.807, 2.05) is 11.9 Å². The van der Waals surface area contributed by atoms with Crippen LogP contribution in [0.5, 0.6) is 0 Å². The average Bonchev–Trinajstić information content (AvgIpc) is 3.15. The molecule has 0 aromatic heterocycles. The lowest BCUT2D eigenvalue weighted by molar-refractivity contribution is -0.159. The SMILES string of the molecule is CN(CCN(C)C(=O)C1C2C3CC4C5C3CC2C5C41)C(=O)C1CC(F)(F)C1. The lowest BCUT2D eigenvalue weighted by Crippen LogP contribution is -2.50. The van der Waals surface area contributed by atoms with Gasteiger partial charge in [0.1, 0.15) is 0 Å². The summed E-state index contributed by atoms with van der Waals surface area (Å²) in [5.74, 6) is 3.53. The summed E-state index contributed by atoms with van der Waals surface area (Å²) in [5, 5.41) is 0. The van der Waals surface area contributed by atoms with Crippen molar-refractivity contribution in [1.29, 1.82) is 0 Å². The number of fused-ring (bicyclic) bond motifs is 2. The minimum Gasteiger partial charge on any atom is -0.344 e. The molecular formula is C21H28F2N2O2. The van der Waals surface area contributed by atoms with Crippen LogP contribution in [-0.2, 0) is 9.59 Å². The van der Waals surface area contributed by atoms with Crippen LogP contribution in [0.25, 0.3) is 0 Å². The van der Waals surface area contributed by atoms with Crippen LogP contribution in [0.1, 0.15) is 25.7 Å². The summed E-state index contributed by atoms with van der Waals surface area (Å²) >= 11 is 0. The Morgan fingerprint density at radius 2 is 1.37 bits per heavy atom. The summed E-state index contributed by atoms with van der Waals surface area (Å²) in [6, 6.07) is 0. The minimum atomic E-state index is -2.67. The summed E-state index contributed by atoms with van der Waals surface area (Å²) in [7, 11) is 3.52. The molecular weight excluding hydrogens is 350 g/mol. The Morgan fingerprint density at radius 3 is 2.00 bits per heavy atom. The third-order valence-electron chi connectivity index (χ3n) is 9.57. The molecule has 6 heteroatoms. The number of likely N-dealkylation sites (N-methyl/N-ethyl adjacent to an activating group) is 2. The molecule has 148 valence electrons. The van der Waals surface area contributed by atoms with Crippen LogP contribution in [0, 0.1) is 59.2 Å². The monoisotopic (exact) mass is 378 g/mol. The van der Waals surface area contributed by atoms with Gasteiger partial charge < -0.3 is 9.80 Å². The van der Waals surface area contributed by atoms with Crippen molar-refractivity contribution in [2.24, 2.45) is 59.2 Å². The van der Waals surface area contributed by atoms with Crippen LogP contribution < -0.4 is 0 Å². The number of alkyl halides is 2. The average molecular weight is 378 g/mol. The molecule has 0 aliphatic heterocycles. The van der Waals surface area contributed by atoms with Gasteiger partial charge in [0, 0.05) is 51.9 Å². The number of carbonyl (C=O) groups is 2. The molecule has 0 aromatic carbocycles. The van der Waals surface area contributed by atoms with Gasteiger partial charge >= 0.3 is 0 Å². The molecule has 0 heterocycles. The second kappa shape index (κ2) is 5.04. The highest BCUT2D eigenvalue weighted by Crippen LogP contribution is 2.84. The maximum absolute atomic E-state index is 13.2. The van der Waals surface area contributed by atoms with Crippen molar-refractivity contribution in [3.63, 3.8) is 0 Å². The van der Waals surface area contributed by atoms with E-state index >= 15 is 0 Å². The fraction of sp³-hybridized carbons (Fsp3) is 0.905. The van der Waals surface area contributed by atoms with Crippen molar-refractivity contribution in [3.05, 3.63) is 0 Å². The Labute approximate surface area is 158 Å². The van der Waals surface area contributed by atoms with Crippen LogP contribution in [0.4, 0.5) is 8.78 Å². The highest BCUT2D eigenvalue weighted by atomic mass is 19.3. The highest BCUT2D eigenvalue weighted by molar-refractivity contribution is 5.81. The largest absolute Gasteiger partial charge is 0.344 e. The third-order valence-corrected chi connectivity index (χ3v) is 9.57. The molecule has 9 unspecified atom stereocenters. The first-order valence-electron chi connectivity index (χ1n) is 10.7. The normalized spacial score (nSPS) is 49.3. The van der Waals surface area contributed by atoms with Crippen LogP contribution in [0.3, 0.4) is 0 Å². The van der Waals surface area contributed by atoms with Gasteiger partial charge in [0.25, 0.3) is 0 Å². The van der Waals surface area contributed by atoms with E-state index in [0.717, 1.165) is 35.5 Å². The molecule has 2 amide bonds. The number of hydrogen-bond donors (Lipinski definition) is 0. The van der Waals surface area contributed by atoms with Crippen molar-refractivity contribution in [1.82, 2.24) is 9.80 Å². The Balaban J connectivity index is 1.07. The lowest BCUT2D eigenvalue weighted by atomic mass is 9.57. The van der Waals surface area contributed by atoms with Gasteiger partial charge in [-0.3, -0.25) is 9.59 Å². The van der Waals surface area contributed by atoms with Gasteiger partial charge in [0.2, 0.25) is 17.7 Å². The third kappa shape index (κ3) is 1.93. The van der Waals surface area contributed by atoms with Crippen LogP contribution >= 0.6 is 0 Å². The number of nitrogens with zero attached hydrogens (tertiary/aromatic N) is 2. The molecule has 2 bridgehead atoms. The quantitative estimate of drug-likeness (QED) is 0.737. The Bertz CT molecular complexity index is 713. The molecule has 6 aliphatic rings. The van der Waals surface area contributed by atoms with E-state index in [1.165, 1.54) is 17.7 Å². The maximum atomic E-state index is 13.2. The number of rotatable bonds is 5. The van der Waals surface area contributed by atoms with Gasteiger partial charge in [0.05, 0.1) is 0 Å². The van der Waals surface area contributed by atoms with Crippen molar-refractivity contribution < 1.29 is 18.4 Å². The topological polar surface area (TPSA) is 40.6 Å². The van der Waals surface area contributed by atoms with Gasteiger partial charge in [0.15, 0.2) is 0 Å².